The molecule has 9 heteroatoms. The molecule has 0 saturated carbocycles. The van der Waals surface area contributed by atoms with E-state index in [1.54, 1.807) is 32.9 Å². The van der Waals surface area contributed by atoms with Crippen LogP contribution >= 0.6 is 11.3 Å². The number of alkyl carbamates (subject to hydrolysis) is 1. The molecule has 2 N–H and O–H groups in total. The molecule has 0 aliphatic carbocycles. The van der Waals surface area contributed by atoms with Crippen LogP contribution in [-0.4, -0.2) is 26.6 Å². The van der Waals surface area contributed by atoms with E-state index >= 15 is 0 Å². The Morgan fingerprint density at radius 1 is 1.42 bits per heavy atom. The second-order valence-electron chi connectivity index (χ2n) is 6.55. The monoisotopic (exact) mass is 376 g/mol. The number of nitrogens with one attached hydrogen (secondary N) is 2. The van der Waals surface area contributed by atoms with Crippen molar-refractivity contribution in [3.05, 3.63) is 46.5 Å². The summed E-state index contributed by atoms with van der Waals surface area (Å²) in [5, 5.41) is 2.54. The van der Waals surface area contributed by atoms with Gasteiger partial charge in [0, 0.05) is 16.6 Å². The van der Waals surface area contributed by atoms with Gasteiger partial charge in [0.15, 0.2) is 0 Å². The number of ether oxygens (including phenoxy) is 1. The molecule has 0 aliphatic rings. The van der Waals surface area contributed by atoms with Crippen LogP contribution in [0, 0.1) is 5.82 Å². The topological polar surface area (TPSA) is 97.0 Å². The third kappa shape index (κ3) is 4.05. The zero-order valence-corrected chi connectivity index (χ0v) is 15.2. The fourth-order valence-electron chi connectivity index (χ4n) is 2.25. The minimum atomic E-state index is -0.619. The van der Waals surface area contributed by atoms with E-state index in [9.17, 15) is 14.0 Å². The second kappa shape index (κ2) is 6.83. The summed E-state index contributed by atoms with van der Waals surface area (Å²) in [5.74, 6) is -0.185. The zero-order chi connectivity index (χ0) is 18.9. The second-order valence-corrected chi connectivity index (χ2v) is 7.60. The number of amides is 1. The Labute approximate surface area is 152 Å². The highest BCUT2D eigenvalue weighted by Crippen LogP contribution is 2.31. The van der Waals surface area contributed by atoms with Gasteiger partial charge in [-0.2, -0.15) is 0 Å². The van der Waals surface area contributed by atoms with Gasteiger partial charge in [-0.15, -0.1) is 11.3 Å². The zero-order valence-electron chi connectivity index (χ0n) is 14.4. The van der Waals surface area contributed by atoms with Gasteiger partial charge in [-0.3, -0.25) is 9.78 Å². The lowest BCUT2D eigenvalue weighted by Crippen LogP contribution is -2.33. The van der Waals surface area contributed by atoms with Crippen LogP contribution in [0.3, 0.4) is 0 Å². The molecule has 0 unspecified atom stereocenters. The minimum absolute atomic E-state index is 0.00882. The van der Waals surface area contributed by atoms with Gasteiger partial charge in [0.1, 0.15) is 21.9 Å². The van der Waals surface area contributed by atoms with E-state index in [0.29, 0.717) is 20.7 Å². The molecular weight excluding hydrogens is 359 g/mol. The van der Waals surface area contributed by atoms with Crippen LogP contribution in [0.2, 0.25) is 0 Å². The van der Waals surface area contributed by atoms with Gasteiger partial charge in [-0.1, -0.05) is 0 Å². The standard InChI is InChI=1S/C17H17FN4O3S/c1-17(2,3)25-16(24)20-8-13-21-11-6-12(26-14(11)15(23)22-13)9-4-5-19-7-10(9)18/h4-7H,8H2,1-3H3,(H,20,24)(H,21,22,23). The highest BCUT2D eigenvalue weighted by molar-refractivity contribution is 7.22. The molecule has 1 amide bonds. The number of carbonyl (C=O) groups excluding carboxylic acids is 1. The summed E-state index contributed by atoms with van der Waals surface area (Å²) in [6.07, 6.45) is 2.00. The molecular formula is C17H17FN4O3S. The highest BCUT2D eigenvalue weighted by atomic mass is 32.1. The largest absolute Gasteiger partial charge is 0.444 e. The number of thiophene rings is 1. The smallest absolute Gasteiger partial charge is 0.408 e. The molecule has 26 heavy (non-hydrogen) atoms. The Morgan fingerprint density at radius 2 is 2.19 bits per heavy atom. The predicted molar refractivity (Wildman–Crippen MR) is 96.5 cm³/mol. The third-order valence-electron chi connectivity index (χ3n) is 3.27. The quantitative estimate of drug-likeness (QED) is 0.732. The lowest BCUT2D eigenvalue weighted by Gasteiger charge is -2.19. The molecule has 3 heterocycles. The summed E-state index contributed by atoms with van der Waals surface area (Å²) >= 11 is 1.15. The fraction of sp³-hybridized carbons (Fsp3) is 0.294. The van der Waals surface area contributed by atoms with Crippen molar-refractivity contribution in [2.75, 3.05) is 0 Å². The van der Waals surface area contributed by atoms with Crippen molar-refractivity contribution in [2.45, 2.75) is 32.9 Å². The molecule has 0 fully saturated rings. The first-order valence-electron chi connectivity index (χ1n) is 7.82. The molecule has 0 atom stereocenters. The van der Waals surface area contributed by atoms with Gasteiger partial charge in [0.05, 0.1) is 18.3 Å². The number of rotatable bonds is 3. The summed E-state index contributed by atoms with van der Waals surface area (Å²) in [4.78, 5) is 35.2. The van der Waals surface area contributed by atoms with Crippen molar-refractivity contribution in [2.24, 2.45) is 0 Å². The van der Waals surface area contributed by atoms with Crippen LogP contribution in [0.25, 0.3) is 20.7 Å². The number of aromatic amines is 1. The normalized spacial score (nSPS) is 11.5. The molecule has 0 bridgehead atoms. The number of hydrogen-bond donors (Lipinski definition) is 2. The minimum Gasteiger partial charge on any atom is -0.444 e. The lowest BCUT2D eigenvalue weighted by atomic mass is 10.2. The van der Waals surface area contributed by atoms with E-state index in [0.717, 1.165) is 17.5 Å². The van der Waals surface area contributed by atoms with E-state index < -0.39 is 17.5 Å². The number of nitrogens with zero attached hydrogens (tertiary/aromatic N) is 2. The molecule has 7 nitrogen and oxygen atoms in total. The van der Waals surface area contributed by atoms with E-state index in [1.807, 2.05) is 0 Å². The Balaban J connectivity index is 1.85. The average Bonchev–Trinajstić information content (AvgIpc) is 2.96. The van der Waals surface area contributed by atoms with Crippen molar-refractivity contribution in [1.82, 2.24) is 20.3 Å². The maximum absolute atomic E-state index is 13.9. The van der Waals surface area contributed by atoms with Gasteiger partial charge in [-0.05, 0) is 32.9 Å². The summed E-state index contributed by atoms with van der Waals surface area (Å²) in [7, 11) is 0. The summed E-state index contributed by atoms with van der Waals surface area (Å²) in [5.41, 5.74) is -0.172. The molecule has 0 aliphatic heterocycles. The average molecular weight is 376 g/mol. The van der Waals surface area contributed by atoms with Crippen molar-refractivity contribution in [3.8, 4) is 10.4 Å². The number of carbonyl (C=O) groups is 1. The first-order chi connectivity index (χ1) is 12.2. The molecule has 0 aromatic carbocycles. The van der Waals surface area contributed by atoms with Crippen molar-refractivity contribution >= 4 is 27.6 Å². The first-order valence-corrected chi connectivity index (χ1v) is 8.64. The summed E-state index contributed by atoms with van der Waals surface area (Å²) < 4.78 is 19.4. The van der Waals surface area contributed by atoms with Crippen molar-refractivity contribution < 1.29 is 13.9 Å². The third-order valence-corrected chi connectivity index (χ3v) is 4.43. The van der Waals surface area contributed by atoms with Gasteiger partial charge in [0.25, 0.3) is 5.56 Å². The van der Waals surface area contributed by atoms with Crippen LogP contribution in [0.1, 0.15) is 26.6 Å². The van der Waals surface area contributed by atoms with E-state index in [4.69, 9.17) is 4.74 Å². The highest BCUT2D eigenvalue weighted by Gasteiger charge is 2.17. The van der Waals surface area contributed by atoms with Crippen LogP contribution in [-0.2, 0) is 11.3 Å². The van der Waals surface area contributed by atoms with Gasteiger partial charge in [0.2, 0.25) is 0 Å². The number of halogens is 1. The number of aromatic nitrogens is 3. The van der Waals surface area contributed by atoms with E-state index in [-0.39, 0.29) is 17.9 Å². The Hall–Kier alpha value is -2.81. The Kier molecular flexibility index (Phi) is 4.73. The molecule has 0 spiro atoms. The predicted octanol–water partition coefficient (Wildman–Crippen LogP) is 3.21. The molecule has 3 rings (SSSR count). The summed E-state index contributed by atoms with van der Waals surface area (Å²) in [6.45, 7) is 5.27. The maximum Gasteiger partial charge on any atom is 0.408 e. The van der Waals surface area contributed by atoms with Gasteiger partial charge < -0.3 is 15.0 Å². The number of H-pyrrole nitrogens is 1. The Morgan fingerprint density at radius 3 is 2.88 bits per heavy atom. The summed E-state index contributed by atoms with van der Waals surface area (Å²) in [6, 6.07) is 3.18. The van der Waals surface area contributed by atoms with Gasteiger partial charge >= 0.3 is 6.09 Å². The Bertz CT molecular complexity index is 1020. The molecule has 0 saturated heterocycles. The number of pyridine rings is 1. The van der Waals surface area contributed by atoms with Crippen LogP contribution in [0.4, 0.5) is 9.18 Å². The van der Waals surface area contributed by atoms with Crippen molar-refractivity contribution in [3.63, 3.8) is 0 Å². The first kappa shape index (κ1) is 18.0. The SMILES string of the molecule is CC(C)(C)OC(=O)NCc1nc2cc(-c3ccncc3F)sc2c(=O)[nH]1. The number of fused-ring (bicyclic) bond motifs is 1. The van der Waals surface area contributed by atoms with Crippen LogP contribution < -0.4 is 10.9 Å². The maximum atomic E-state index is 13.9. The van der Waals surface area contributed by atoms with Crippen molar-refractivity contribution in [1.29, 1.82) is 0 Å². The van der Waals surface area contributed by atoms with Crippen LogP contribution in [0.15, 0.2) is 29.3 Å². The molecule has 136 valence electrons. The molecule has 3 aromatic heterocycles. The lowest BCUT2D eigenvalue weighted by molar-refractivity contribution is 0.0522. The molecule has 0 radical (unpaired) electrons. The fourth-order valence-corrected chi connectivity index (χ4v) is 3.27. The molecule has 3 aromatic rings. The van der Waals surface area contributed by atoms with Gasteiger partial charge in [-0.25, -0.2) is 14.2 Å². The van der Waals surface area contributed by atoms with Crippen LogP contribution in [0.5, 0.6) is 0 Å². The van der Waals surface area contributed by atoms with E-state index in [1.165, 1.54) is 6.20 Å². The van der Waals surface area contributed by atoms with E-state index in [2.05, 4.69) is 20.3 Å². The number of hydrogen-bond acceptors (Lipinski definition) is 6.